The predicted molar refractivity (Wildman–Crippen MR) is 86.0 cm³/mol. The van der Waals surface area contributed by atoms with Gasteiger partial charge in [0.1, 0.15) is 0 Å². The van der Waals surface area contributed by atoms with Gasteiger partial charge in [0.2, 0.25) is 5.91 Å². The highest BCUT2D eigenvalue weighted by Gasteiger charge is 2.31. The topological polar surface area (TPSA) is 63.2 Å². The Bertz CT molecular complexity index is 589. The minimum Gasteiger partial charge on any atom is -0.355 e. The number of sulfone groups is 1. The number of benzene rings is 1. The molecule has 0 aliphatic heterocycles. The zero-order valence-corrected chi connectivity index (χ0v) is 14.3. The number of nitrogens with one attached hydrogen (secondary N) is 1. The van der Waals surface area contributed by atoms with E-state index in [9.17, 15) is 13.2 Å². The molecule has 0 aliphatic carbocycles. The van der Waals surface area contributed by atoms with Crippen LogP contribution in [0.4, 0.5) is 0 Å². The molecule has 0 fully saturated rings. The summed E-state index contributed by atoms with van der Waals surface area (Å²) in [6.07, 6.45) is 1.50. The molecule has 0 unspecified atom stereocenters. The summed E-state index contributed by atoms with van der Waals surface area (Å²) in [5.41, 5.74) is 0.795. The Morgan fingerprint density at radius 3 is 2.10 bits per heavy atom. The van der Waals surface area contributed by atoms with E-state index in [2.05, 4.69) is 5.32 Å². The molecule has 1 amide bonds. The summed E-state index contributed by atoms with van der Waals surface area (Å²) in [7, 11) is -3.21. The fourth-order valence-electron chi connectivity index (χ4n) is 1.90. The molecular formula is C16H25NO3S. The van der Waals surface area contributed by atoms with Crippen LogP contribution in [0.5, 0.6) is 0 Å². The minimum atomic E-state index is -3.21. The van der Waals surface area contributed by atoms with Crippen LogP contribution in [0.3, 0.4) is 0 Å². The summed E-state index contributed by atoms with van der Waals surface area (Å²) in [5.74, 6) is -0.138. The molecule has 118 valence electrons. The molecule has 21 heavy (non-hydrogen) atoms. The molecule has 1 rings (SSSR count). The highest BCUT2D eigenvalue weighted by molar-refractivity contribution is 7.92. The van der Waals surface area contributed by atoms with Gasteiger partial charge < -0.3 is 5.32 Å². The van der Waals surface area contributed by atoms with Gasteiger partial charge in [-0.2, -0.15) is 0 Å². The van der Waals surface area contributed by atoms with E-state index in [0.717, 1.165) is 5.56 Å². The van der Waals surface area contributed by atoms with Gasteiger partial charge in [0.05, 0.1) is 4.75 Å². The standard InChI is InChI=1S/C16H25NO3S/c1-15(2,13-9-7-6-8-10-13)11-14(18)17-12-16(3,4)21(5,19)20/h6-10H,11-12H2,1-5H3,(H,17,18). The van der Waals surface area contributed by atoms with Gasteiger partial charge in [-0.3, -0.25) is 4.79 Å². The highest BCUT2D eigenvalue weighted by atomic mass is 32.2. The fraction of sp³-hybridized carbons (Fsp3) is 0.562. The first kappa shape index (κ1) is 17.7. The second-order valence-electron chi connectivity index (χ2n) is 6.74. The molecule has 0 radical (unpaired) electrons. The summed E-state index contributed by atoms with van der Waals surface area (Å²) >= 11 is 0. The van der Waals surface area contributed by atoms with E-state index < -0.39 is 14.6 Å². The number of rotatable bonds is 6. The normalized spacial score (nSPS) is 13.0. The maximum atomic E-state index is 12.1. The van der Waals surface area contributed by atoms with Gasteiger partial charge in [-0.25, -0.2) is 8.42 Å². The lowest BCUT2D eigenvalue weighted by atomic mass is 9.81. The molecule has 0 spiro atoms. The summed E-state index contributed by atoms with van der Waals surface area (Å²) in [4.78, 5) is 12.1. The van der Waals surface area contributed by atoms with Crippen molar-refractivity contribution in [2.75, 3.05) is 12.8 Å². The monoisotopic (exact) mass is 311 g/mol. The van der Waals surface area contributed by atoms with Crippen LogP contribution in [-0.2, 0) is 20.0 Å². The van der Waals surface area contributed by atoms with Crippen molar-refractivity contribution in [3.8, 4) is 0 Å². The molecule has 0 bridgehead atoms. The largest absolute Gasteiger partial charge is 0.355 e. The first-order valence-corrected chi connectivity index (χ1v) is 8.87. The molecule has 0 aliphatic rings. The molecule has 0 aromatic heterocycles. The Balaban J connectivity index is 2.67. The lowest BCUT2D eigenvalue weighted by molar-refractivity contribution is -0.122. The van der Waals surface area contributed by atoms with E-state index in [1.807, 2.05) is 44.2 Å². The van der Waals surface area contributed by atoms with Crippen LogP contribution in [0.2, 0.25) is 0 Å². The van der Waals surface area contributed by atoms with Crippen molar-refractivity contribution in [1.82, 2.24) is 5.32 Å². The van der Waals surface area contributed by atoms with Crippen LogP contribution >= 0.6 is 0 Å². The van der Waals surface area contributed by atoms with Gasteiger partial charge >= 0.3 is 0 Å². The van der Waals surface area contributed by atoms with Crippen molar-refractivity contribution in [3.05, 3.63) is 35.9 Å². The quantitative estimate of drug-likeness (QED) is 0.877. The van der Waals surface area contributed by atoms with Crippen molar-refractivity contribution in [3.63, 3.8) is 0 Å². The third-order valence-corrected chi connectivity index (χ3v) is 6.02. The third kappa shape index (κ3) is 4.84. The average Bonchev–Trinajstić information content (AvgIpc) is 2.36. The molecule has 0 heterocycles. The summed E-state index contributed by atoms with van der Waals surface area (Å²) in [6.45, 7) is 7.36. The van der Waals surface area contributed by atoms with E-state index in [1.165, 1.54) is 6.26 Å². The minimum absolute atomic E-state index is 0.121. The van der Waals surface area contributed by atoms with Crippen molar-refractivity contribution < 1.29 is 13.2 Å². The highest BCUT2D eigenvalue weighted by Crippen LogP contribution is 2.26. The smallest absolute Gasteiger partial charge is 0.220 e. The predicted octanol–water partition coefficient (Wildman–Crippen LogP) is 2.29. The fourth-order valence-corrected chi connectivity index (χ4v) is 2.23. The zero-order valence-electron chi connectivity index (χ0n) is 13.4. The first-order valence-electron chi connectivity index (χ1n) is 6.97. The van der Waals surface area contributed by atoms with Crippen LogP contribution in [0.1, 0.15) is 39.7 Å². The number of amides is 1. The van der Waals surface area contributed by atoms with Gasteiger partial charge in [-0.15, -0.1) is 0 Å². The molecule has 0 saturated heterocycles. The number of hydrogen-bond acceptors (Lipinski definition) is 3. The van der Waals surface area contributed by atoms with Gasteiger partial charge in [0.25, 0.3) is 0 Å². The third-order valence-electron chi connectivity index (χ3n) is 3.87. The van der Waals surface area contributed by atoms with Gasteiger partial charge in [-0.05, 0) is 24.8 Å². The Morgan fingerprint density at radius 1 is 1.10 bits per heavy atom. The second kappa shape index (κ2) is 6.18. The molecule has 1 N–H and O–H groups in total. The average molecular weight is 311 g/mol. The van der Waals surface area contributed by atoms with Crippen molar-refractivity contribution >= 4 is 15.7 Å². The number of carbonyl (C=O) groups is 1. The summed E-state index contributed by atoms with van der Waals surface area (Å²) in [5, 5.41) is 2.74. The maximum absolute atomic E-state index is 12.1. The van der Waals surface area contributed by atoms with E-state index in [4.69, 9.17) is 0 Å². The Hall–Kier alpha value is -1.36. The summed E-state index contributed by atoms with van der Waals surface area (Å²) < 4.78 is 22.3. The van der Waals surface area contributed by atoms with Crippen molar-refractivity contribution in [2.24, 2.45) is 0 Å². The molecule has 1 aromatic carbocycles. The van der Waals surface area contributed by atoms with Crippen molar-refractivity contribution in [2.45, 2.75) is 44.3 Å². The molecule has 0 atom stereocenters. The van der Waals surface area contributed by atoms with Crippen LogP contribution in [0.25, 0.3) is 0 Å². The lowest BCUT2D eigenvalue weighted by Gasteiger charge is -2.27. The lowest BCUT2D eigenvalue weighted by Crippen LogP contribution is -2.44. The van der Waals surface area contributed by atoms with Gasteiger partial charge in [-0.1, -0.05) is 44.2 Å². The zero-order chi connectivity index (χ0) is 16.3. The first-order chi connectivity index (χ1) is 9.46. The van der Waals surface area contributed by atoms with E-state index in [-0.39, 0.29) is 17.9 Å². The maximum Gasteiger partial charge on any atom is 0.220 e. The van der Waals surface area contributed by atoms with Crippen LogP contribution in [-0.4, -0.2) is 31.9 Å². The molecule has 1 aromatic rings. The molecular weight excluding hydrogens is 286 g/mol. The SMILES string of the molecule is CC(C)(CC(=O)NCC(C)(C)S(C)(=O)=O)c1ccccc1. The van der Waals surface area contributed by atoms with Crippen LogP contribution < -0.4 is 5.32 Å². The number of hydrogen-bond donors (Lipinski definition) is 1. The Labute approximate surface area is 127 Å². The van der Waals surface area contributed by atoms with Crippen LogP contribution in [0, 0.1) is 0 Å². The van der Waals surface area contributed by atoms with Gasteiger partial charge in [0.15, 0.2) is 9.84 Å². The van der Waals surface area contributed by atoms with E-state index >= 15 is 0 Å². The second-order valence-corrected chi connectivity index (χ2v) is 9.38. The van der Waals surface area contributed by atoms with E-state index in [1.54, 1.807) is 13.8 Å². The van der Waals surface area contributed by atoms with E-state index in [0.29, 0.717) is 6.42 Å². The molecule has 4 nitrogen and oxygen atoms in total. The number of carbonyl (C=O) groups excluding carboxylic acids is 1. The molecule has 5 heteroatoms. The van der Waals surface area contributed by atoms with Crippen LogP contribution in [0.15, 0.2) is 30.3 Å². The Kier molecular flexibility index (Phi) is 5.20. The van der Waals surface area contributed by atoms with Gasteiger partial charge in [0, 0.05) is 19.2 Å². The Morgan fingerprint density at radius 2 is 1.62 bits per heavy atom. The summed E-state index contributed by atoms with van der Waals surface area (Å²) in [6, 6.07) is 9.82. The molecule has 0 saturated carbocycles. The van der Waals surface area contributed by atoms with Crippen molar-refractivity contribution in [1.29, 1.82) is 0 Å².